The summed E-state index contributed by atoms with van der Waals surface area (Å²) in [6.45, 7) is 1.35. The Morgan fingerprint density at radius 3 is 2.39 bits per heavy atom. The zero-order valence-corrected chi connectivity index (χ0v) is 24.9. The second-order valence-electron chi connectivity index (χ2n) is 9.11. The number of nitrogens with zero attached hydrogens (tertiary/aromatic N) is 3. The van der Waals surface area contributed by atoms with Crippen molar-refractivity contribution < 1.29 is 23.1 Å². The molecule has 214 valence electrons. The van der Waals surface area contributed by atoms with Crippen molar-refractivity contribution >= 4 is 64.4 Å². The first-order valence-corrected chi connectivity index (χ1v) is 15.9. The van der Waals surface area contributed by atoms with Gasteiger partial charge in [0, 0.05) is 4.91 Å². The molecule has 2 aliphatic heterocycles. The van der Waals surface area contributed by atoms with Crippen LogP contribution in [0.3, 0.4) is 0 Å². The quantitative estimate of drug-likeness (QED) is 0.0915. The van der Waals surface area contributed by atoms with E-state index in [1.165, 1.54) is 47.1 Å². The summed E-state index contributed by atoms with van der Waals surface area (Å²) in [5.41, 5.74) is 1.63. The maximum atomic E-state index is 14.1. The number of aromatic amines is 1. The fourth-order valence-electron chi connectivity index (χ4n) is 4.21. The second-order valence-corrected chi connectivity index (χ2v) is 13.2. The number of H-pyrrole nitrogens is 1. The molecular formula is C27H25F2N5O3S4. The minimum absolute atomic E-state index is 0.0157. The van der Waals surface area contributed by atoms with Gasteiger partial charge in [-0.05, 0) is 11.1 Å². The number of esters is 1. The summed E-state index contributed by atoms with van der Waals surface area (Å²) in [5, 5.41) is 13.4. The molecule has 0 radical (unpaired) electrons. The summed E-state index contributed by atoms with van der Waals surface area (Å²) in [5.74, 6) is -2.08. The first-order chi connectivity index (χ1) is 19.8. The molecule has 2 aliphatic rings. The lowest BCUT2D eigenvalue weighted by molar-refractivity contribution is -0.151. The Hall–Kier alpha value is -2.94. The van der Waals surface area contributed by atoms with Crippen LogP contribution in [0.25, 0.3) is 0 Å². The zero-order valence-electron chi connectivity index (χ0n) is 21.6. The highest BCUT2D eigenvalue weighted by molar-refractivity contribution is 8.18. The van der Waals surface area contributed by atoms with E-state index in [-0.39, 0.29) is 28.4 Å². The number of hydrogen-bond donors (Lipinski definition) is 2. The van der Waals surface area contributed by atoms with Crippen molar-refractivity contribution in [2.75, 3.05) is 5.08 Å². The Bertz CT molecular complexity index is 1370. The lowest BCUT2D eigenvalue weighted by Crippen LogP contribution is -2.57. The maximum absolute atomic E-state index is 14.1. The first-order valence-electron chi connectivity index (χ1n) is 12.6. The molecule has 1 amide bonds. The molecule has 0 saturated carbocycles. The lowest BCUT2D eigenvalue weighted by Gasteiger charge is -2.47. The van der Waals surface area contributed by atoms with Crippen molar-refractivity contribution in [2.45, 2.75) is 41.6 Å². The Balaban J connectivity index is 1.50. The van der Waals surface area contributed by atoms with Gasteiger partial charge in [-0.15, -0.1) is 28.6 Å². The summed E-state index contributed by atoms with van der Waals surface area (Å²) >= 11 is 9.35. The number of alkyl halides is 2. The van der Waals surface area contributed by atoms with Gasteiger partial charge in [0.25, 0.3) is 0 Å². The number of β-lactam (4-membered cyclic amide) rings is 1. The van der Waals surface area contributed by atoms with Crippen LogP contribution in [0.5, 0.6) is 0 Å². The minimum atomic E-state index is -2.64. The molecule has 3 heterocycles. The number of thiocarbonyl (C=S) groups is 1. The third kappa shape index (κ3) is 6.76. The van der Waals surface area contributed by atoms with Crippen LogP contribution in [-0.4, -0.2) is 59.4 Å². The van der Waals surface area contributed by atoms with E-state index < -0.39 is 29.8 Å². The first kappa shape index (κ1) is 29.5. The fourth-order valence-corrected chi connectivity index (χ4v) is 8.19. The van der Waals surface area contributed by atoms with E-state index in [2.05, 4.69) is 20.7 Å². The number of carbonyl (C=O) groups is 2. The lowest BCUT2D eigenvalue weighted by atomic mass is 10.0. The number of halogens is 2. The van der Waals surface area contributed by atoms with Gasteiger partial charge in [-0.3, -0.25) is 14.8 Å². The standard InChI is InChI=1S/C27H25F2N5O3S4/c1-15(24(28)29)25(38)31-26-23(40-14-39-18-13-30-33-32-18)21(34-19(35)12-20(34)41-26)27(36)37-22(16-8-4-2-5-9-16)17-10-6-3-7-11-17/h2-11,13,15,20,22,24,26H,12,14H2,1H3,(H,31,38)(H,30,32,33). The Labute approximate surface area is 253 Å². The van der Waals surface area contributed by atoms with Gasteiger partial charge < -0.3 is 10.1 Å². The van der Waals surface area contributed by atoms with Crippen LogP contribution in [0.15, 0.2) is 82.5 Å². The molecule has 41 heavy (non-hydrogen) atoms. The Morgan fingerprint density at radius 2 is 1.83 bits per heavy atom. The van der Waals surface area contributed by atoms with Crippen LogP contribution in [0.1, 0.15) is 30.6 Å². The summed E-state index contributed by atoms with van der Waals surface area (Å²) in [7, 11) is 0. The highest BCUT2D eigenvalue weighted by Crippen LogP contribution is 2.48. The average Bonchev–Trinajstić information content (AvgIpc) is 3.50. The maximum Gasteiger partial charge on any atom is 0.356 e. The van der Waals surface area contributed by atoms with Gasteiger partial charge in [-0.25, -0.2) is 13.6 Å². The largest absolute Gasteiger partial charge is 0.448 e. The molecule has 1 saturated heterocycles. The van der Waals surface area contributed by atoms with Crippen molar-refractivity contribution in [1.82, 2.24) is 25.6 Å². The summed E-state index contributed by atoms with van der Waals surface area (Å²) in [6.07, 6.45) is -1.53. The van der Waals surface area contributed by atoms with Crippen molar-refractivity contribution in [3.63, 3.8) is 0 Å². The normalized spacial score (nSPS) is 19.1. The van der Waals surface area contributed by atoms with Gasteiger partial charge in [0.1, 0.15) is 16.1 Å². The number of rotatable bonds is 11. The van der Waals surface area contributed by atoms with Crippen molar-refractivity contribution in [1.29, 1.82) is 0 Å². The van der Waals surface area contributed by atoms with Gasteiger partial charge in [0.15, 0.2) is 6.10 Å². The van der Waals surface area contributed by atoms with Crippen LogP contribution in [-0.2, 0) is 14.3 Å². The summed E-state index contributed by atoms with van der Waals surface area (Å²) in [4.78, 5) is 28.8. The molecule has 3 atom stereocenters. The molecule has 2 N–H and O–H groups in total. The van der Waals surface area contributed by atoms with Crippen LogP contribution in [0.2, 0.25) is 0 Å². The van der Waals surface area contributed by atoms with Crippen molar-refractivity contribution in [3.05, 3.63) is 88.6 Å². The molecule has 0 bridgehead atoms. The van der Waals surface area contributed by atoms with Crippen LogP contribution in [0.4, 0.5) is 8.78 Å². The molecule has 5 rings (SSSR count). The van der Waals surface area contributed by atoms with Crippen LogP contribution < -0.4 is 5.32 Å². The molecule has 3 unspecified atom stereocenters. The predicted molar refractivity (Wildman–Crippen MR) is 160 cm³/mol. The molecule has 1 fully saturated rings. The van der Waals surface area contributed by atoms with E-state index in [1.54, 1.807) is 6.20 Å². The number of nitrogens with one attached hydrogen (secondary N) is 2. The summed E-state index contributed by atoms with van der Waals surface area (Å²) in [6, 6.07) is 18.7. The van der Waals surface area contributed by atoms with E-state index in [1.807, 2.05) is 60.7 Å². The highest BCUT2D eigenvalue weighted by Gasteiger charge is 2.50. The van der Waals surface area contributed by atoms with Crippen molar-refractivity contribution in [2.24, 2.45) is 5.92 Å². The number of thioether (sulfide) groups is 3. The molecular weight excluding hydrogens is 609 g/mol. The molecule has 1 aromatic heterocycles. The number of aromatic nitrogens is 3. The number of benzene rings is 2. The number of amides is 1. The third-order valence-electron chi connectivity index (χ3n) is 6.41. The number of hydrogen-bond acceptors (Lipinski definition) is 9. The van der Waals surface area contributed by atoms with E-state index in [0.29, 0.717) is 15.0 Å². The molecule has 0 spiro atoms. The topological polar surface area (TPSA) is 100 Å². The summed E-state index contributed by atoms with van der Waals surface area (Å²) < 4.78 is 33.1. The second kappa shape index (κ2) is 13.4. The average molecular weight is 634 g/mol. The molecule has 2 aromatic carbocycles. The Morgan fingerprint density at radius 1 is 1.17 bits per heavy atom. The number of ether oxygens (including phenoxy) is 1. The number of fused-ring (bicyclic) bond motifs is 1. The molecule has 0 aliphatic carbocycles. The minimum Gasteiger partial charge on any atom is -0.448 e. The monoisotopic (exact) mass is 633 g/mol. The van der Waals surface area contributed by atoms with E-state index in [9.17, 15) is 18.4 Å². The van der Waals surface area contributed by atoms with Gasteiger partial charge in [0.05, 0.1) is 34.0 Å². The molecule has 14 heteroatoms. The van der Waals surface area contributed by atoms with E-state index >= 15 is 0 Å². The zero-order chi connectivity index (χ0) is 28.9. The third-order valence-corrected chi connectivity index (χ3v) is 10.5. The van der Waals surface area contributed by atoms with Crippen molar-refractivity contribution in [3.8, 4) is 0 Å². The number of carbonyl (C=O) groups excluding carboxylic acids is 2. The fraction of sp³-hybridized carbons (Fsp3) is 0.296. The van der Waals surface area contributed by atoms with Gasteiger partial charge >= 0.3 is 5.97 Å². The Kier molecular flexibility index (Phi) is 9.63. The highest BCUT2D eigenvalue weighted by atomic mass is 32.2. The van der Waals surface area contributed by atoms with Crippen LogP contribution >= 0.6 is 47.5 Å². The smallest absolute Gasteiger partial charge is 0.356 e. The predicted octanol–water partition coefficient (Wildman–Crippen LogP) is 5.58. The van der Waals surface area contributed by atoms with Gasteiger partial charge in [-0.2, -0.15) is 0 Å². The van der Waals surface area contributed by atoms with Crippen LogP contribution in [0, 0.1) is 5.92 Å². The SMILES string of the molecule is CC(C(=S)NC1SC2CC(=O)N2C(C(=O)OC(c2ccccc2)c2ccccc2)=C1SCSc1c[nH]nn1)C(F)F. The molecule has 8 nitrogen and oxygen atoms in total. The van der Waals surface area contributed by atoms with Gasteiger partial charge in [-0.1, -0.05) is 96.8 Å². The van der Waals surface area contributed by atoms with E-state index in [4.69, 9.17) is 17.0 Å². The molecule has 3 aromatic rings. The van der Waals surface area contributed by atoms with E-state index in [0.717, 1.165) is 11.1 Å². The van der Waals surface area contributed by atoms with Gasteiger partial charge in [0.2, 0.25) is 12.3 Å².